The first-order valence-electron chi connectivity index (χ1n) is 9.42. The molecule has 2 aliphatic rings. The number of thiazole rings is 1. The van der Waals surface area contributed by atoms with Crippen molar-refractivity contribution < 1.29 is 14.3 Å². The number of rotatable bonds is 7. The molecule has 3 heterocycles. The minimum Gasteiger partial charge on any atom is -0.461 e. The third-order valence-corrected chi connectivity index (χ3v) is 6.49. The Labute approximate surface area is 170 Å². The van der Waals surface area contributed by atoms with Gasteiger partial charge in [0.05, 0.1) is 24.7 Å². The molecule has 1 unspecified atom stereocenters. The zero-order valence-corrected chi connectivity index (χ0v) is 17.7. The van der Waals surface area contributed by atoms with Crippen LogP contribution in [0.15, 0.2) is 16.2 Å². The molecule has 2 fully saturated rings. The van der Waals surface area contributed by atoms with Gasteiger partial charge in [0.15, 0.2) is 10.8 Å². The highest BCUT2D eigenvalue weighted by atomic mass is 79.9. The first-order chi connectivity index (χ1) is 13.2. The number of carbonyl (C=O) groups excluding carboxylic acids is 1. The molecule has 0 spiro atoms. The van der Waals surface area contributed by atoms with Gasteiger partial charge in [-0.1, -0.05) is 11.3 Å². The molecule has 0 amide bonds. The number of aromatic nitrogens is 3. The van der Waals surface area contributed by atoms with E-state index in [9.17, 15) is 4.79 Å². The Morgan fingerprint density at radius 1 is 1.44 bits per heavy atom. The van der Waals surface area contributed by atoms with E-state index in [1.54, 1.807) is 6.92 Å². The normalized spacial score (nSPS) is 19.9. The summed E-state index contributed by atoms with van der Waals surface area (Å²) < 4.78 is 13.5. The first-order valence-corrected chi connectivity index (χ1v) is 11.0. The maximum absolute atomic E-state index is 12.1. The Bertz CT molecular complexity index is 798. The van der Waals surface area contributed by atoms with Crippen LogP contribution in [0.3, 0.4) is 0 Å². The van der Waals surface area contributed by atoms with E-state index in [4.69, 9.17) is 9.47 Å². The third-order valence-electron chi connectivity index (χ3n) is 4.76. The summed E-state index contributed by atoms with van der Waals surface area (Å²) in [7, 11) is 0. The summed E-state index contributed by atoms with van der Waals surface area (Å²) in [5, 5.41) is 5.31. The van der Waals surface area contributed by atoms with Gasteiger partial charge >= 0.3 is 5.97 Å². The van der Waals surface area contributed by atoms with Crippen LogP contribution >= 0.6 is 27.3 Å². The van der Waals surface area contributed by atoms with Gasteiger partial charge in [-0.15, -0.1) is 0 Å². The maximum atomic E-state index is 12.1. The lowest BCUT2D eigenvalue weighted by Gasteiger charge is -2.23. The zero-order valence-electron chi connectivity index (χ0n) is 15.3. The van der Waals surface area contributed by atoms with Gasteiger partial charge in [-0.25, -0.2) is 14.5 Å². The van der Waals surface area contributed by atoms with Gasteiger partial charge in [-0.2, -0.15) is 5.10 Å². The molecule has 146 valence electrons. The highest BCUT2D eigenvalue weighted by Gasteiger charge is 2.29. The van der Waals surface area contributed by atoms with Crippen molar-refractivity contribution >= 4 is 44.1 Å². The molecule has 27 heavy (non-hydrogen) atoms. The highest BCUT2D eigenvalue weighted by Crippen LogP contribution is 2.39. The Kier molecular flexibility index (Phi) is 5.79. The second kappa shape index (κ2) is 8.28. The lowest BCUT2D eigenvalue weighted by atomic mass is 10.2. The van der Waals surface area contributed by atoms with Crippen LogP contribution < -0.4 is 4.90 Å². The molecule has 0 radical (unpaired) electrons. The summed E-state index contributed by atoms with van der Waals surface area (Å²) in [6.07, 6.45) is 9.61. The quantitative estimate of drug-likeness (QED) is 0.572. The van der Waals surface area contributed by atoms with Crippen molar-refractivity contribution in [3.63, 3.8) is 0 Å². The number of esters is 1. The monoisotopic (exact) mass is 454 g/mol. The molecule has 1 saturated carbocycles. The molecule has 0 N–H and O–H groups in total. The van der Waals surface area contributed by atoms with E-state index in [-0.39, 0.29) is 6.23 Å². The lowest BCUT2D eigenvalue weighted by Crippen LogP contribution is -2.20. The van der Waals surface area contributed by atoms with Gasteiger partial charge in [-0.3, -0.25) is 0 Å². The van der Waals surface area contributed by atoms with Crippen molar-refractivity contribution in [2.45, 2.75) is 45.3 Å². The van der Waals surface area contributed by atoms with E-state index in [2.05, 4.69) is 30.9 Å². The number of hydrogen-bond acceptors (Lipinski definition) is 7. The van der Waals surface area contributed by atoms with E-state index in [1.165, 1.54) is 24.2 Å². The van der Waals surface area contributed by atoms with Crippen molar-refractivity contribution in [1.82, 2.24) is 14.8 Å². The Balaban J connectivity index is 1.59. The van der Waals surface area contributed by atoms with Gasteiger partial charge in [-0.05, 0) is 60.9 Å². The maximum Gasteiger partial charge on any atom is 0.359 e. The Morgan fingerprint density at radius 3 is 3.00 bits per heavy atom. The van der Waals surface area contributed by atoms with Crippen LogP contribution in [0.4, 0.5) is 10.8 Å². The van der Waals surface area contributed by atoms with Gasteiger partial charge < -0.3 is 14.4 Å². The predicted molar refractivity (Wildman–Crippen MR) is 107 cm³/mol. The van der Waals surface area contributed by atoms with Crippen LogP contribution in [0, 0.1) is 5.92 Å². The number of ether oxygens (including phenoxy) is 2. The molecule has 7 nitrogen and oxygen atoms in total. The second-order valence-corrected chi connectivity index (χ2v) is 9.19. The number of carbonyl (C=O) groups is 1. The Hall–Kier alpha value is -1.45. The van der Waals surface area contributed by atoms with Gasteiger partial charge in [0.2, 0.25) is 0 Å². The molecule has 0 aromatic carbocycles. The molecular formula is C18H23BrN4O3S. The van der Waals surface area contributed by atoms with Crippen molar-refractivity contribution in [2.75, 3.05) is 24.7 Å². The fourth-order valence-corrected chi connectivity index (χ4v) is 4.64. The van der Waals surface area contributed by atoms with E-state index in [0.29, 0.717) is 22.0 Å². The highest BCUT2D eigenvalue weighted by molar-refractivity contribution is 9.11. The molecular weight excluding hydrogens is 432 g/mol. The summed E-state index contributed by atoms with van der Waals surface area (Å²) >= 11 is 4.91. The fraction of sp³-hybridized carbons (Fsp3) is 0.611. The van der Waals surface area contributed by atoms with Crippen LogP contribution in [0.5, 0.6) is 0 Å². The number of anilines is 2. The SMILES string of the molecule is CCOC(=O)c1nc(N(CC2CC2)c2cnn(C3CCCCO3)c2)sc1Br. The number of hydrogen-bond donors (Lipinski definition) is 0. The van der Waals surface area contributed by atoms with Gasteiger partial charge in [0, 0.05) is 13.2 Å². The predicted octanol–water partition coefficient (Wildman–Crippen LogP) is 4.53. The molecule has 2 aromatic rings. The van der Waals surface area contributed by atoms with Gasteiger partial charge in [0.25, 0.3) is 0 Å². The summed E-state index contributed by atoms with van der Waals surface area (Å²) in [5.41, 5.74) is 1.31. The molecule has 1 aliphatic heterocycles. The van der Waals surface area contributed by atoms with Gasteiger partial charge in [0.1, 0.15) is 10.0 Å². The second-order valence-electron chi connectivity index (χ2n) is 6.89. The van der Waals surface area contributed by atoms with E-state index in [1.807, 2.05) is 17.1 Å². The summed E-state index contributed by atoms with van der Waals surface area (Å²) in [5.74, 6) is 0.262. The van der Waals surface area contributed by atoms with Crippen LogP contribution in [0.25, 0.3) is 0 Å². The molecule has 2 aromatic heterocycles. The number of nitrogens with zero attached hydrogens (tertiary/aromatic N) is 4. The topological polar surface area (TPSA) is 69.5 Å². The van der Waals surface area contributed by atoms with Crippen molar-refractivity contribution in [3.8, 4) is 0 Å². The van der Waals surface area contributed by atoms with E-state index < -0.39 is 5.97 Å². The summed E-state index contributed by atoms with van der Waals surface area (Å²) in [6.45, 7) is 3.78. The molecule has 0 bridgehead atoms. The smallest absolute Gasteiger partial charge is 0.359 e. The third kappa shape index (κ3) is 4.35. The van der Waals surface area contributed by atoms with Crippen LogP contribution in [-0.4, -0.2) is 40.5 Å². The minimum atomic E-state index is -0.399. The summed E-state index contributed by atoms with van der Waals surface area (Å²) in [6, 6.07) is 0. The standard InChI is InChI=1S/C18H23BrN4O3S/c1-2-25-17(24)15-16(19)27-18(21-15)22(10-12-6-7-12)13-9-20-23(11-13)14-5-3-4-8-26-14/h9,11-12,14H,2-8,10H2,1H3. The zero-order chi connectivity index (χ0) is 18.8. The lowest BCUT2D eigenvalue weighted by molar-refractivity contribution is -0.0394. The Morgan fingerprint density at radius 2 is 2.30 bits per heavy atom. The molecule has 1 aliphatic carbocycles. The average Bonchev–Trinajstić information content (AvgIpc) is 3.22. The largest absolute Gasteiger partial charge is 0.461 e. The van der Waals surface area contributed by atoms with E-state index in [0.717, 1.165) is 43.2 Å². The van der Waals surface area contributed by atoms with E-state index >= 15 is 0 Å². The van der Waals surface area contributed by atoms with Crippen LogP contribution in [0.2, 0.25) is 0 Å². The van der Waals surface area contributed by atoms with Crippen molar-refractivity contribution in [1.29, 1.82) is 0 Å². The van der Waals surface area contributed by atoms with Crippen LogP contribution in [-0.2, 0) is 9.47 Å². The average molecular weight is 455 g/mol. The van der Waals surface area contributed by atoms with Crippen molar-refractivity contribution in [3.05, 3.63) is 21.9 Å². The first kappa shape index (κ1) is 18.9. The molecule has 4 rings (SSSR count). The molecule has 1 atom stereocenters. The fourth-order valence-electron chi connectivity index (χ4n) is 3.14. The molecule has 9 heteroatoms. The minimum absolute atomic E-state index is 0.00778. The number of halogens is 1. The summed E-state index contributed by atoms with van der Waals surface area (Å²) in [4.78, 5) is 18.8. The molecule has 1 saturated heterocycles. The van der Waals surface area contributed by atoms with Crippen molar-refractivity contribution in [2.24, 2.45) is 5.92 Å². The van der Waals surface area contributed by atoms with Crippen LogP contribution in [0.1, 0.15) is 55.7 Å².